The third-order valence-electron chi connectivity index (χ3n) is 3.29. The molecule has 2 aromatic carbocycles. The van der Waals surface area contributed by atoms with E-state index in [1.807, 2.05) is 31.2 Å². The van der Waals surface area contributed by atoms with E-state index in [1.54, 1.807) is 19.1 Å². The first-order valence-electron chi connectivity index (χ1n) is 6.39. The van der Waals surface area contributed by atoms with Gasteiger partial charge in [-0.3, -0.25) is 4.79 Å². The summed E-state index contributed by atoms with van der Waals surface area (Å²) in [6.07, 6.45) is 1.73. The van der Waals surface area contributed by atoms with Crippen LogP contribution in [0.3, 0.4) is 0 Å². The van der Waals surface area contributed by atoms with Crippen molar-refractivity contribution < 1.29 is 14.6 Å². The summed E-state index contributed by atoms with van der Waals surface area (Å²) in [6.45, 7) is 3.78. The highest BCUT2D eigenvalue weighted by molar-refractivity contribution is 6.15. The number of ether oxygens (including phenoxy) is 1. The summed E-state index contributed by atoms with van der Waals surface area (Å²) in [6, 6.07) is 10.9. The van der Waals surface area contributed by atoms with Crippen molar-refractivity contribution in [2.75, 3.05) is 0 Å². The van der Waals surface area contributed by atoms with E-state index in [-0.39, 0.29) is 11.5 Å². The number of phenols is 1. The summed E-state index contributed by atoms with van der Waals surface area (Å²) < 4.78 is 5.58. The molecule has 0 bridgehead atoms. The predicted octanol–water partition coefficient (Wildman–Crippen LogP) is 3.63. The molecule has 0 unspecified atom stereocenters. The monoisotopic (exact) mass is 266 g/mol. The molecule has 1 aliphatic rings. The van der Waals surface area contributed by atoms with Crippen LogP contribution in [0.1, 0.15) is 27.0 Å². The Bertz CT molecular complexity index is 742. The number of rotatable bonds is 1. The maximum absolute atomic E-state index is 12.3. The van der Waals surface area contributed by atoms with Crippen molar-refractivity contribution in [2.24, 2.45) is 0 Å². The van der Waals surface area contributed by atoms with Gasteiger partial charge in [-0.2, -0.15) is 0 Å². The van der Waals surface area contributed by atoms with Gasteiger partial charge in [-0.25, -0.2) is 0 Å². The molecule has 0 saturated carbocycles. The number of ketones is 1. The molecule has 1 N–H and O–H groups in total. The van der Waals surface area contributed by atoms with Crippen LogP contribution in [0.4, 0.5) is 0 Å². The minimum absolute atomic E-state index is 0.103. The molecule has 2 aromatic rings. The molecule has 0 aromatic heterocycles. The SMILES string of the molecule is Cc1cccc(/C=C2\Oc3cc(O)cc(C)c3C2=O)c1. The zero-order valence-corrected chi connectivity index (χ0v) is 11.3. The lowest BCUT2D eigenvalue weighted by atomic mass is 10.0. The first-order valence-corrected chi connectivity index (χ1v) is 6.39. The fourth-order valence-corrected chi connectivity index (χ4v) is 2.40. The number of carbonyl (C=O) groups is 1. The molecule has 0 aliphatic carbocycles. The lowest BCUT2D eigenvalue weighted by Gasteiger charge is -2.01. The molecule has 100 valence electrons. The van der Waals surface area contributed by atoms with Crippen LogP contribution in [0.15, 0.2) is 42.2 Å². The van der Waals surface area contributed by atoms with Crippen LogP contribution < -0.4 is 4.74 Å². The van der Waals surface area contributed by atoms with E-state index in [0.29, 0.717) is 17.1 Å². The van der Waals surface area contributed by atoms with E-state index in [2.05, 4.69) is 0 Å². The summed E-state index contributed by atoms with van der Waals surface area (Å²) in [5, 5.41) is 9.57. The highest BCUT2D eigenvalue weighted by Crippen LogP contribution is 2.37. The Kier molecular flexibility index (Phi) is 2.83. The number of carbonyl (C=O) groups excluding carboxylic acids is 1. The number of allylic oxidation sites excluding steroid dienone is 1. The van der Waals surface area contributed by atoms with Gasteiger partial charge in [0.1, 0.15) is 11.5 Å². The Morgan fingerprint density at radius 2 is 1.95 bits per heavy atom. The van der Waals surface area contributed by atoms with Gasteiger partial charge in [0.2, 0.25) is 5.78 Å². The first kappa shape index (κ1) is 12.5. The molecule has 3 heteroatoms. The van der Waals surface area contributed by atoms with Crippen LogP contribution in [0.5, 0.6) is 11.5 Å². The second-order valence-electron chi connectivity index (χ2n) is 4.99. The first-order chi connectivity index (χ1) is 9.54. The van der Waals surface area contributed by atoms with Gasteiger partial charge in [-0.15, -0.1) is 0 Å². The van der Waals surface area contributed by atoms with E-state index in [9.17, 15) is 9.90 Å². The maximum Gasteiger partial charge on any atom is 0.232 e. The molecule has 3 nitrogen and oxygen atoms in total. The minimum atomic E-state index is -0.140. The second kappa shape index (κ2) is 4.53. The average molecular weight is 266 g/mol. The number of hydrogen-bond donors (Lipinski definition) is 1. The molecule has 0 amide bonds. The smallest absolute Gasteiger partial charge is 0.232 e. The lowest BCUT2D eigenvalue weighted by Crippen LogP contribution is -1.99. The van der Waals surface area contributed by atoms with Crippen LogP contribution in [-0.4, -0.2) is 10.9 Å². The molecule has 0 fully saturated rings. The molecule has 1 aliphatic heterocycles. The molecule has 0 spiro atoms. The number of aromatic hydroxyl groups is 1. The van der Waals surface area contributed by atoms with Crippen LogP contribution in [-0.2, 0) is 0 Å². The van der Waals surface area contributed by atoms with Gasteiger partial charge in [-0.05, 0) is 37.1 Å². The van der Waals surface area contributed by atoms with Crippen molar-refractivity contribution in [1.29, 1.82) is 0 Å². The number of benzene rings is 2. The largest absolute Gasteiger partial charge is 0.508 e. The molecule has 0 atom stereocenters. The summed E-state index contributed by atoms with van der Waals surface area (Å²) in [4.78, 5) is 12.3. The average Bonchev–Trinajstić information content (AvgIpc) is 2.66. The Balaban J connectivity index is 2.04. The van der Waals surface area contributed by atoms with Gasteiger partial charge in [0.25, 0.3) is 0 Å². The Morgan fingerprint density at radius 1 is 1.15 bits per heavy atom. The van der Waals surface area contributed by atoms with E-state index in [4.69, 9.17) is 4.74 Å². The fraction of sp³-hybridized carbons (Fsp3) is 0.118. The Hall–Kier alpha value is -2.55. The van der Waals surface area contributed by atoms with Gasteiger partial charge in [0.15, 0.2) is 5.76 Å². The Labute approximate surface area is 117 Å². The van der Waals surface area contributed by atoms with Crippen molar-refractivity contribution in [2.45, 2.75) is 13.8 Å². The molecule has 1 heterocycles. The summed E-state index contributed by atoms with van der Waals surface area (Å²) in [5.74, 6) is 0.676. The van der Waals surface area contributed by atoms with E-state index in [0.717, 1.165) is 16.7 Å². The lowest BCUT2D eigenvalue weighted by molar-refractivity contribution is 0.101. The van der Waals surface area contributed by atoms with Crippen LogP contribution in [0.2, 0.25) is 0 Å². The molecule has 0 saturated heterocycles. The molecule has 20 heavy (non-hydrogen) atoms. The van der Waals surface area contributed by atoms with Crippen molar-refractivity contribution in [3.63, 3.8) is 0 Å². The van der Waals surface area contributed by atoms with Crippen LogP contribution in [0, 0.1) is 13.8 Å². The fourth-order valence-electron chi connectivity index (χ4n) is 2.40. The highest BCUT2D eigenvalue weighted by Gasteiger charge is 2.29. The summed E-state index contributed by atoms with van der Waals surface area (Å²) in [7, 11) is 0. The molecular weight excluding hydrogens is 252 g/mol. The Morgan fingerprint density at radius 3 is 2.70 bits per heavy atom. The number of hydrogen-bond acceptors (Lipinski definition) is 3. The predicted molar refractivity (Wildman–Crippen MR) is 77.0 cm³/mol. The molecule has 3 rings (SSSR count). The summed E-state index contributed by atoms with van der Waals surface area (Å²) in [5.41, 5.74) is 3.29. The van der Waals surface area contributed by atoms with Gasteiger partial charge in [0, 0.05) is 6.07 Å². The van der Waals surface area contributed by atoms with Gasteiger partial charge in [0.05, 0.1) is 5.56 Å². The third kappa shape index (κ3) is 2.07. The van der Waals surface area contributed by atoms with Crippen molar-refractivity contribution in [3.05, 3.63) is 64.4 Å². The van der Waals surface area contributed by atoms with Gasteiger partial charge >= 0.3 is 0 Å². The van der Waals surface area contributed by atoms with E-state index < -0.39 is 0 Å². The zero-order valence-electron chi connectivity index (χ0n) is 11.3. The molecule has 0 radical (unpaired) electrons. The maximum atomic E-state index is 12.3. The van der Waals surface area contributed by atoms with Crippen molar-refractivity contribution in [3.8, 4) is 11.5 Å². The third-order valence-corrected chi connectivity index (χ3v) is 3.29. The van der Waals surface area contributed by atoms with Gasteiger partial charge < -0.3 is 9.84 Å². The van der Waals surface area contributed by atoms with E-state index in [1.165, 1.54) is 6.07 Å². The van der Waals surface area contributed by atoms with E-state index >= 15 is 0 Å². The van der Waals surface area contributed by atoms with Crippen molar-refractivity contribution >= 4 is 11.9 Å². The zero-order chi connectivity index (χ0) is 14.3. The topological polar surface area (TPSA) is 46.5 Å². The minimum Gasteiger partial charge on any atom is -0.508 e. The highest BCUT2D eigenvalue weighted by atomic mass is 16.5. The number of Topliss-reactive ketones (excluding diaryl/α,β-unsaturated/α-hetero) is 1. The summed E-state index contributed by atoms with van der Waals surface area (Å²) >= 11 is 0. The number of aryl methyl sites for hydroxylation is 2. The second-order valence-corrected chi connectivity index (χ2v) is 4.99. The van der Waals surface area contributed by atoms with Crippen LogP contribution >= 0.6 is 0 Å². The quantitative estimate of drug-likeness (QED) is 0.802. The van der Waals surface area contributed by atoms with Crippen molar-refractivity contribution in [1.82, 2.24) is 0 Å². The molecular formula is C17H14O3. The van der Waals surface area contributed by atoms with Gasteiger partial charge in [-0.1, -0.05) is 29.8 Å². The van der Waals surface area contributed by atoms with Crippen LogP contribution in [0.25, 0.3) is 6.08 Å². The normalized spacial score (nSPS) is 15.3. The number of phenolic OH excluding ortho intramolecular Hbond substituents is 1. The standard InChI is InChI=1S/C17H14O3/c1-10-4-3-5-12(6-10)8-15-17(19)16-11(2)7-13(18)9-14(16)20-15/h3-9,18H,1-2H3/b15-8-. The number of fused-ring (bicyclic) bond motifs is 1.